The predicted octanol–water partition coefficient (Wildman–Crippen LogP) is 1.90. The van der Waals surface area contributed by atoms with Gasteiger partial charge in [0.25, 0.3) is 0 Å². The molecule has 1 aromatic rings. The van der Waals surface area contributed by atoms with Crippen LogP contribution < -0.4 is 5.73 Å². The van der Waals surface area contributed by atoms with Gasteiger partial charge in [-0.25, -0.2) is 8.42 Å². The highest BCUT2D eigenvalue weighted by Gasteiger charge is 2.35. The van der Waals surface area contributed by atoms with Gasteiger partial charge in [0.05, 0.1) is 15.7 Å². The molecule has 1 unspecified atom stereocenters. The Hall–Kier alpha value is -0.530. The summed E-state index contributed by atoms with van der Waals surface area (Å²) in [6.07, 6.45) is 0.799. The standard InChI is InChI=1S/C12H17Cl2N3O2S/c1-16(2)8-5-6-17(7-8)20(18,19)10-4-3-9(13)12(15)11(10)14/h3-4,8H,5-7,15H2,1-2H3. The molecule has 0 saturated carbocycles. The molecule has 2 N–H and O–H groups in total. The second-order valence-corrected chi connectivity index (χ2v) is 7.73. The molecule has 8 heteroatoms. The third-order valence-electron chi connectivity index (χ3n) is 3.57. The van der Waals surface area contributed by atoms with E-state index in [4.69, 9.17) is 28.9 Å². The minimum Gasteiger partial charge on any atom is -0.396 e. The number of nitrogens with zero attached hydrogens (tertiary/aromatic N) is 2. The fourth-order valence-corrected chi connectivity index (χ4v) is 4.47. The second-order valence-electron chi connectivity index (χ2n) is 5.04. The van der Waals surface area contributed by atoms with E-state index in [1.165, 1.54) is 16.4 Å². The van der Waals surface area contributed by atoms with E-state index < -0.39 is 10.0 Å². The van der Waals surface area contributed by atoms with E-state index in [-0.39, 0.29) is 26.7 Å². The van der Waals surface area contributed by atoms with E-state index in [2.05, 4.69) is 0 Å². The third-order valence-corrected chi connectivity index (χ3v) is 6.32. The first-order chi connectivity index (χ1) is 9.25. The minimum atomic E-state index is -3.64. The van der Waals surface area contributed by atoms with Gasteiger partial charge in [-0.15, -0.1) is 0 Å². The number of hydrogen-bond acceptors (Lipinski definition) is 4. The first-order valence-corrected chi connectivity index (χ1v) is 8.34. The van der Waals surface area contributed by atoms with E-state index in [0.717, 1.165) is 6.42 Å². The van der Waals surface area contributed by atoms with E-state index in [1.54, 1.807) is 0 Å². The number of rotatable bonds is 3. The van der Waals surface area contributed by atoms with E-state index in [0.29, 0.717) is 13.1 Å². The summed E-state index contributed by atoms with van der Waals surface area (Å²) in [5.74, 6) is 0. The Balaban J connectivity index is 2.35. The van der Waals surface area contributed by atoms with Crippen LogP contribution in [0.4, 0.5) is 5.69 Å². The Labute approximate surface area is 129 Å². The van der Waals surface area contributed by atoms with E-state index in [1.807, 2.05) is 19.0 Å². The molecule has 1 aliphatic rings. The average molecular weight is 338 g/mol. The van der Waals surface area contributed by atoms with Crippen molar-refractivity contribution in [3.8, 4) is 0 Å². The van der Waals surface area contributed by atoms with Crippen molar-refractivity contribution in [3.05, 3.63) is 22.2 Å². The number of nitrogens with two attached hydrogens (primary N) is 1. The van der Waals surface area contributed by atoms with E-state index in [9.17, 15) is 8.42 Å². The Morgan fingerprint density at radius 1 is 1.35 bits per heavy atom. The maximum Gasteiger partial charge on any atom is 0.244 e. The quantitative estimate of drug-likeness (QED) is 0.855. The molecule has 112 valence electrons. The predicted molar refractivity (Wildman–Crippen MR) is 81.7 cm³/mol. The van der Waals surface area contributed by atoms with Crippen molar-refractivity contribution in [1.82, 2.24) is 9.21 Å². The topological polar surface area (TPSA) is 66.6 Å². The smallest absolute Gasteiger partial charge is 0.244 e. The lowest BCUT2D eigenvalue weighted by molar-refractivity contribution is 0.302. The van der Waals surface area contributed by atoms with Crippen LogP contribution >= 0.6 is 23.2 Å². The molecule has 0 spiro atoms. The van der Waals surface area contributed by atoms with Crippen LogP contribution in [0.25, 0.3) is 0 Å². The van der Waals surface area contributed by atoms with E-state index >= 15 is 0 Å². The van der Waals surface area contributed by atoms with Crippen molar-refractivity contribution in [2.45, 2.75) is 17.4 Å². The van der Waals surface area contributed by atoms with Gasteiger partial charge in [-0.3, -0.25) is 0 Å². The van der Waals surface area contributed by atoms with Crippen molar-refractivity contribution in [2.24, 2.45) is 0 Å². The van der Waals surface area contributed by atoms with Gasteiger partial charge < -0.3 is 10.6 Å². The molecular formula is C12H17Cl2N3O2S. The summed E-state index contributed by atoms with van der Waals surface area (Å²) in [7, 11) is 0.238. The van der Waals surface area contributed by atoms with Gasteiger partial charge >= 0.3 is 0 Å². The van der Waals surface area contributed by atoms with Crippen LogP contribution in [0.2, 0.25) is 10.0 Å². The lowest BCUT2D eigenvalue weighted by Gasteiger charge is -2.21. The van der Waals surface area contributed by atoms with Gasteiger partial charge in [-0.2, -0.15) is 4.31 Å². The molecule has 1 aromatic carbocycles. The number of sulfonamides is 1. The highest BCUT2D eigenvalue weighted by Crippen LogP contribution is 2.35. The van der Waals surface area contributed by atoms with Crippen molar-refractivity contribution in [1.29, 1.82) is 0 Å². The molecule has 5 nitrogen and oxygen atoms in total. The number of anilines is 1. The lowest BCUT2D eigenvalue weighted by Crippen LogP contribution is -2.34. The molecule has 1 fully saturated rings. The number of halogens is 2. The Bertz CT molecular complexity index is 619. The fourth-order valence-electron chi connectivity index (χ4n) is 2.24. The first-order valence-electron chi connectivity index (χ1n) is 6.15. The summed E-state index contributed by atoms with van der Waals surface area (Å²) in [4.78, 5) is 2.04. The van der Waals surface area contributed by atoms with Crippen LogP contribution in [0.15, 0.2) is 17.0 Å². The zero-order chi connectivity index (χ0) is 15.1. The molecule has 1 heterocycles. The highest BCUT2D eigenvalue weighted by molar-refractivity contribution is 7.89. The first kappa shape index (κ1) is 15.9. The molecule has 1 atom stereocenters. The molecule has 1 saturated heterocycles. The van der Waals surface area contributed by atoms with Gasteiger partial charge in [-0.1, -0.05) is 23.2 Å². The van der Waals surface area contributed by atoms with Crippen LogP contribution in [-0.2, 0) is 10.0 Å². The summed E-state index contributed by atoms with van der Waals surface area (Å²) in [5.41, 5.74) is 5.79. The van der Waals surface area contributed by atoms with Crippen LogP contribution in [-0.4, -0.2) is 50.8 Å². The molecule has 0 aliphatic carbocycles. The second kappa shape index (κ2) is 5.69. The van der Waals surface area contributed by atoms with Gasteiger partial charge in [0.15, 0.2) is 0 Å². The summed E-state index contributed by atoms with van der Waals surface area (Å²) in [5, 5.41) is 0.243. The van der Waals surface area contributed by atoms with Crippen LogP contribution in [0.5, 0.6) is 0 Å². The SMILES string of the molecule is CN(C)C1CCN(S(=O)(=O)c2ccc(Cl)c(N)c2Cl)C1. The van der Waals surface area contributed by atoms with Crippen molar-refractivity contribution >= 4 is 38.9 Å². The maximum atomic E-state index is 12.6. The summed E-state index contributed by atoms with van der Waals surface area (Å²) in [6, 6.07) is 3.07. The summed E-state index contributed by atoms with van der Waals surface area (Å²) >= 11 is 11.9. The van der Waals surface area contributed by atoms with Gasteiger partial charge in [0, 0.05) is 19.1 Å². The van der Waals surface area contributed by atoms with Gasteiger partial charge in [-0.05, 0) is 32.6 Å². The molecule has 0 radical (unpaired) electrons. The molecule has 0 bridgehead atoms. The molecule has 0 amide bonds. The summed E-state index contributed by atoms with van der Waals surface area (Å²) in [6.45, 7) is 0.929. The highest BCUT2D eigenvalue weighted by atomic mass is 35.5. The normalized spacial score (nSPS) is 20.8. The average Bonchev–Trinajstić information content (AvgIpc) is 2.86. The van der Waals surface area contributed by atoms with Crippen molar-refractivity contribution in [3.63, 3.8) is 0 Å². The molecule has 2 rings (SSSR count). The lowest BCUT2D eigenvalue weighted by atomic mass is 10.2. The Morgan fingerprint density at radius 3 is 2.55 bits per heavy atom. The van der Waals surface area contributed by atoms with Crippen molar-refractivity contribution < 1.29 is 8.42 Å². The fraction of sp³-hybridized carbons (Fsp3) is 0.500. The summed E-state index contributed by atoms with van der Waals surface area (Å²) < 4.78 is 26.7. The number of hydrogen-bond donors (Lipinski definition) is 1. The minimum absolute atomic E-state index is 0.00852. The maximum absolute atomic E-state index is 12.6. The molecule has 0 aromatic heterocycles. The van der Waals surface area contributed by atoms with Crippen LogP contribution in [0, 0.1) is 0 Å². The molecule has 1 aliphatic heterocycles. The number of nitrogen functional groups attached to an aromatic ring is 1. The zero-order valence-corrected chi connectivity index (χ0v) is 13.6. The zero-order valence-electron chi connectivity index (χ0n) is 11.3. The van der Waals surface area contributed by atoms with Gasteiger partial charge in [0.2, 0.25) is 10.0 Å². The molecular weight excluding hydrogens is 321 g/mol. The Kier molecular flexibility index (Phi) is 4.51. The Morgan fingerprint density at radius 2 is 2.00 bits per heavy atom. The van der Waals surface area contributed by atoms with Crippen LogP contribution in [0.1, 0.15) is 6.42 Å². The van der Waals surface area contributed by atoms with Crippen LogP contribution in [0.3, 0.4) is 0 Å². The molecule has 20 heavy (non-hydrogen) atoms. The van der Waals surface area contributed by atoms with Gasteiger partial charge in [0.1, 0.15) is 4.90 Å². The third kappa shape index (κ3) is 2.76. The van der Waals surface area contributed by atoms with Crippen molar-refractivity contribution in [2.75, 3.05) is 32.9 Å². The number of likely N-dealkylation sites (N-methyl/N-ethyl adjacent to an activating group) is 1. The number of benzene rings is 1. The largest absolute Gasteiger partial charge is 0.396 e. The monoisotopic (exact) mass is 337 g/mol.